The highest BCUT2D eigenvalue weighted by molar-refractivity contribution is 5.94. The Morgan fingerprint density at radius 1 is 1.13 bits per heavy atom. The van der Waals surface area contributed by atoms with Crippen LogP contribution in [0.2, 0.25) is 0 Å². The van der Waals surface area contributed by atoms with Crippen LogP contribution in [0.3, 0.4) is 0 Å². The van der Waals surface area contributed by atoms with Gasteiger partial charge in [0, 0.05) is 43.7 Å². The molecular weight excluding hydrogens is 378 g/mol. The van der Waals surface area contributed by atoms with Crippen molar-refractivity contribution in [3.05, 3.63) is 83.6 Å². The summed E-state index contributed by atoms with van der Waals surface area (Å²) in [5.41, 5.74) is 4.71. The summed E-state index contributed by atoms with van der Waals surface area (Å²) in [5, 5.41) is 13.2. The third-order valence-corrected chi connectivity index (χ3v) is 5.46. The lowest BCUT2D eigenvalue weighted by molar-refractivity contribution is 0.0733. The number of carbonyl (C=O) groups is 1. The molecule has 0 bridgehead atoms. The average molecular weight is 399 g/mol. The Kier molecular flexibility index (Phi) is 4.59. The fourth-order valence-electron chi connectivity index (χ4n) is 3.95. The molecule has 0 atom stereocenters. The topological polar surface area (TPSA) is 81.7 Å². The molecule has 0 aliphatic carbocycles. The average Bonchev–Trinajstić information content (AvgIpc) is 3.38. The van der Waals surface area contributed by atoms with Crippen LogP contribution in [0.4, 0.5) is 0 Å². The van der Waals surface area contributed by atoms with E-state index in [1.165, 1.54) is 0 Å². The molecular formula is C22H21N7O. The summed E-state index contributed by atoms with van der Waals surface area (Å²) in [6, 6.07) is 13.8. The van der Waals surface area contributed by atoms with Crippen LogP contribution in [-0.2, 0) is 26.6 Å². The van der Waals surface area contributed by atoms with Crippen molar-refractivity contribution in [3.63, 3.8) is 0 Å². The summed E-state index contributed by atoms with van der Waals surface area (Å²) in [7, 11) is 1.94. The van der Waals surface area contributed by atoms with E-state index in [9.17, 15) is 4.79 Å². The zero-order chi connectivity index (χ0) is 20.5. The first-order valence-electron chi connectivity index (χ1n) is 9.87. The Labute approximate surface area is 173 Å². The monoisotopic (exact) mass is 399 g/mol. The minimum Gasteiger partial charge on any atom is -0.334 e. The number of hydrogen-bond acceptors (Lipinski definition) is 5. The number of rotatable bonds is 4. The number of carbonyl (C=O) groups excluding carboxylic acids is 1. The Morgan fingerprint density at radius 2 is 2.00 bits per heavy atom. The predicted octanol–water partition coefficient (Wildman–Crippen LogP) is 2.32. The number of pyridine rings is 1. The molecule has 0 saturated heterocycles. The zero-order valence-corrected chi connectivity index (χ0v) is 16.6. The Morgan fingerprint density at radius 3 is 2.80 bits per heavy atom. The van der Waals surface area contributed by atoms with Crippen LogP contribution in [0.25, 0.3) is 11.5 Å². The van der Waals surface area contributed by atoms with E-state index in [0.29, 0.717) is 31.0 Å². The van der Waals surface area contributed by atoms with E-state index in [-0.39, 0.29) is 5.91 Å². The number of benzene rings is 1. The van der Waals surface area contributed by atoms with Gasteiger partial charge in [-0.05, 0) is 17.7 Å². The van der Waals surface area contributed by atoms with Crippen LogP contribution in [-0.4, -0.2) is 46.9 Å². The summed E-state index contributed by atoms with van der Waals surface area (Å²) in [6.45, 7) is 1.80. The molecule has 1 aliphatic rings. The molecule has 0 spiro atoms. The van der Waals surface area contributed by atoms with Crippen molar-refractivity contribution in [3.8, 4) is 11.5 Å². The van der Waals surface area contributed by atoms with Crippen molar-refractivity contribution in [1.82, 2.24) is 34.4 Å². The lowest BCUT2D eigenvalue weighted by Crippen LogP contribution is -2.36. The molecule has 1 aromatic carbocycles. The highest BCUT2D eigenvalue weighted by Crippen LogP contribution is 2.29. The molecule has 1 amide bonds. The summed E-state index contributed by atoms with van der Waals surface area (Å²) in [6.07, 6.45) is 5.75. The Hall–Kier alpha value is -3.81. The molecule has 3 aromatic heterocycles. The second-order valence-electron chi connectivity index (χ2n) is 7.38. The molecule has 0 fully saturated rings. The molecule has 8 heteroatoms. The van der Waals surface area contributed by atoms with Gasteiger partial charge in [0.15, 0.2) is 5.82 Å². The van der Waals surface area contributed by atoms with Gasteiger partial charge in [0.05, 0.1) is 18.7 Å². The van der Waals surface area contributed by atoms with E-state index >= 15 is 0 Å². The van der Waals surface area contributed by atoms with Gasteiger partial charge in [0.2, 0.25) is 0 Å². The number of hydrogen-bond donors (Lipinski definition) is 0. The first-order valence-corrected chi connectivity index (χ1v) is 9.87. The van der Waals surface area contributed by atoms with Gasteiger partial charge in [-0.15, -0.1) is 10.2 Å². The first-order chi connectivity index (χ1) is 14.7. The van der Waals surface area contributed by atoms with Gasteiger partial charge >= 0.3 is 0 Å². The zero-order valence-electron chi connectivity index (χ0n) is 16.6. The highest BCUT2D eigenvalue weighted by Gasteiger charge is 2.29. The minimum absolute atomic E-state index is 0.0192. The lowest BCUT2D eigenvalue weighted by Gasteiger charge is -2.27. The maximum absolute atomic E-state index is 12.9. The van der Waals surface area contributed by atoms with E-state index in [0.717, 1.165) is 28.9 Å². The predicted molar refractivity (Wildman–Crippen MR) is 110 cm³/mol. The van der Waals surface area contributed by atoms with Crippen molar-refractivity contribution in [1.29, 1.82) is 0 Å². The number of aryl methyl sites for hydroxylation is 1. The minimum atomic E-state index is -0.0192. The summed E-state index contributed by atoms with van der Waals surface area (Å²) < 4.78 is 3.90. The molecule has 0 N–H and O–H groups in total. The fourth-order valence-corrected chi connectivity index (χ4v) is 3.95. The number of nitrogens with zero attached hydrogens (tertiary/aromatic N) is 7. The number of aromatic nitrogens is 6. The Balaban J connectivity index is 1.47. The van der Waals surface area contributed by atoms with Crippen molar-refractivity contribution in [2.24, 2.45) is 7.05 Å². The van der Waals surface area contributed by atoms with Crippen LogP contribution in [0.15, 0.2) is 61.2 Å². The van der Waals surface area contributed by atoms with Crippen LogP contribution in [0, 0.1) is 0 Å². The quantitative estimate of drug-likeness (QED) is 0.526. The van der Waals surface area contributed by atoms with E-state index in [4.69, 9.17) is 5.10 Å². The van der Waals surface area contributed by atoms with Gasteiger partial charge in [-0.1, -0.05) is 30.3 Å². The van der Waals surface area contributed by atoms with Gasteiger partial charge in [0.25, 0.3) is 5.91 Å². The Bertz CT molecular complexity index is 1180. The molecule has 4 aromatic rings. The fraction of sp³-hybridized carbons (Fsp3) is 0.227. The number of fused-ring (bicyclic) bond motifs is 1. The molecule has 0 unspecified atom stereocenters. The molecule has 150 valence electrons. The molecule has 8 nitrogen and oxygen atoms in total. The van der Waals surface area contributed by atoms with Crippen molar-refractivity contribution >= 4 is 5.91 Å². The smallest absolute Gasteiger partial charge is 0.255 e. The maximum Gasteiger partial charge on any atom is 0.255 e. The standard InChI is InChI=1S/C22H21N7O/c1-27-19-9-11-28(22(30)17-8-5-10-23-12-17)14-18(19)20(26-27)21-25-24-15-29(21)13-16-6-3-2-4-7-16/h2-8,10,12,15H,9,11,13-14H2,1H3. The maximum atomic E-state index is 12.9. The van der Waals surface area contributed by atoms with Gasteiger partial charge in [0.1, 0.15) is 12.0 Å². The van der Waals surface area contributed by atoms with Gasteiger partial charge < -0.3 is 9.47 Å². The normalized spacial score (nSPS) is 13.3. The summed E-state index contributed by atoms with van der Waals surface area (Å²) in [4.78, 5) is 18.9. The van der Waals surface area contributed by atoms with E-state index < -0.39 is 0 Å². The van der Waals surface area contributed by atoms with E-state index in [1.54, 1.807) is 30.9 Å². The second-order valence-corrected chi connectivity index (χ2v) is 7.38. The van der Waals surface area contributed by atoms with Crippen LogP contribution in [0.5, 0.6) is 0 Å². The van der Waals surface area contributed by atoms with Crippen LogP contribution >= 0.6 is 0 Å². The van der Waals surface area contributed by atoms with Crippen molar-refractivity contribution in [2.75, 3.05) is 6.54 Å². The van der Waals surface area contributed by atoms with E-state index in [2.05, 4.69) is 27.3 Å². The molecule has 4 heterocycles. The van der Waals surface area contributed by atoms with Crippen molar-refractivity contribution in [2.45, 2.75) is 19.5 Å². The van der Waals surface area contributed by atoms with Gasteiger partial charge in [-0.2, -0.15) is 5.10 Å². The third-order valence-electron chi connectivity index (χ3n) is 5.46. The van der Waals surface area contributed by atoms with Gasteiger partial charge in [-0.25, -0.2) is 0 Å². The van der Waals surface area contributed by atoms with Crippen LogP contribution in [0.1, 0.15) is 27.2 Å². The van der Waals surface area contributed by atoms with Crippen LogP contribution < -0.4 is 0 Å². The molecule has 30 heavy (non-hydrogen) atoms. The van der Waals surface area contributed by atoms with Gasteiger partial charge in [-0.3, -0.25) is 14.5 Å². The molecule has 5 rings (SSSR count). The highest BCUT2D eigenvalue weighted by atomic mass is 16.2. The molecule has 1 aliphatic heterocycles. The molecule has 0 saturated carbocycles. The van der Waals surface area contributed by atoms with Crippen molar-refractivity contribution < 1.29 is 4.79 Å². The number of amides is 1. The third kappa shape index (κ3) is 3.26. The summed E-state index contributed by atoms with van der Waals surface area (Å²) >= 11 is 0. The lowest BCUT2D eigenvalue weighted by atomic mass is 10.0. The first kappa shape index (κ1) is 18.2. The summed E-state index contributed by atoms with van der Waals surface area (Å²) in [5.74, 6) is 0.695. The largest absolute Gasteiger partial charge is 0.334 e. The molecule has 0 radical (unpaired) electrons. The second kappa shape index (κ2) is 7.55. The SMILES string of the molecule is Cn1nc(-c2nncn2Cc2ccccc2)c2c1CCN(C(=O)c1cccnc1)C2. The van der Waals surface area contributed by atoms with E-state index in [1.807, 2.05) is 39.4 Å².